The van der Waals surface area contributed by atoms with Crippen molar-refractivity contribution in [3.05, 3.63) is 0 Å². The molecule has 0 aromatic carbocycles. The fourth-order valence-corrected chi connectivity index (χ4v) is 3.77. The van der Waals surface area contributed by atoms with E-state index in [1.807, 2.05) is 0 Å². The van der Waals surface area contributed by atoms with Crippen molar-refractivity contribution >= 4 is 0 Å². The maximum atomic E-state index is 6.06. The molecule has 2 heterocycles. The molecule has 3 heteroatoms. The third kappa shape index (κ3) is 4.19. The molecule has 0 radical (unpaired) electrons. The predicted molar refractivity (Wildman–Crippen MR) is 85.1 cm³/mol. The zero-order valence-corrected chi connectivity index (χ0v) is 13.9. The number of hydrogen-bond acceptors (Lipinski definition) is 3. The molecule has 0 amide bonds. The lowest BCUT2D eigenvalue weighted by Crippen LogP contribution is -2.59. The maximum Gasteiger partial charge on any atom is 0.0706 e. The molecular weight excluding hydrogens is 248 g/mol. The van der Waals surface area contributed by atoms with Crippen molar-refractivity contribution in [1.29, 1.82) is 0 Å². The van der Waals surface area contributed by atoms with E-state index >= 15 is 0 Å². The fourth-order valence-electron chi connectivity index (χ4n) is 3.77. The van der Waals surface area contributed by atoms with Crippen molar-refractivity contribution in [3.63, 3.8) is 0 Å². The summed E-state index contributed by atoms with van der Waals surface area (Å²) in [6.07, 6.45) is 7.26. The van der Waals surface area contributed by atoms with Gasteiger partial charge in [-0.15, -0.1) is 0 Å². The zero-order chi connectivity index (χ0) is 14.5. The van der Waals surface area contributed by atoms with Crippen molar-refractivity contribution in [3.8, 4) is 0 Å². The molecule has 118 valence electrons. The van der Waals surface area contributed by atoms with Crippen LogP contribution in [0.15, 0.2) is 0 Å². The smallest absolute Gasteiger partial charge is 0.0706 e. The summed E-state index contributed by atoms with van der Waals surface area (Å²) < 4.78 is 6.06. The first-order chi connectivity index (χ1) is 9.63. The number of nitrogens with zero attached hydrogens (tertiary/aromatic N) is 1. The molecule has 2 saturated heterocycles. The second-order valence-corrected chi connectivity index (χ2v) is 6.95. The van der Waals surface area contributed by atoms with Crippen LogP contribution in [0.5, 0.6) is 0 Å². The van der Waals surface area contributed by atoms with Gasteiger partial charge in [0.1, 0.15) is 0 Å². The Hall–Kier alpha value is -0.120. The Morgan fingerprint density at radius 1 is 1.30 bits per heavy atom. The maximum absolute atomic E-state index is 6.06. The highest BCUT2D eigenvalue weighted by Crippen LogP contribution is 2.24. The van der Waals surface area contributed by atoms with E-state index in [9.17, 15) is 0 Å². The molecule has 0 bridgehead atoms. The normalized spacial score (nSPS) is 37.2. The third-order valence-electron chi connectivity index (χ3n) is 5.24. The summed E-state index contributed by atoms with van der Waals surface area (Å²) in [5.41, 5.74) is 0. The van der Waals surface area contributed by atoms with Gasteiger partial charge in [0, 0.05) is 31.7 Å². The second kappa shape index (κ2) is 7.77. The molecular formula is C17H34N2O. The number of hydrogen-bond donors (Lipinski definition) is 1. The van der Waals surface area contributed by atoms with Crippen molar-refractivity contribution in [2.75, 3.05) is 19.6 Å². The SMILES string of the molecule is CCCC1CN(CC2CCC(C)O2)C(C(C)CC)CN1. The predicted octanol–water partition coefficient (Wildman–Crippen LogP) is 3.04. The molecule has 2 rings (SSSR count). The van der Waals surface area contributed by atoms with Gasteiger partial charge in [-0.05, 0) is 32.1 Å². The lowest BCUT2D eigenvalue weighted by atomic mass is 9.93. The van der Waals surface area contributed by atoms with E-state index in [0.29, 0.717) is 24.3 Å². The summed E-state index contributed by atoms with van der Waals surface area (Å²) in [4.78, 5) is 2.73. The molecule has 3 nitrogen and oxygen atoms in total. The Balaban J connectivity index is 1.93. The van der Waals surface area contributed by atoms with Crippen molar-refractivity contribution in [2.24, 2.45) is 5.92 Å². The molecule has 0 aliphatic carbocycles. The molecule has 1 N–H and O–H groups in total. The molecule has 5 unspecified atom stereocenters. The van der Waals surface area contributed by atoms with Gasteiger partial charge in [-0.1, -0.05) is 33.6 Å². The Bertz CT molecular complexity index is 284. The van der Waals surface area contributed by atoms with Gasteiger partial charge >= 0.3 is 0 Å². The molecule has 2 aliphatic rings. The van der Waals surface area contributed by atoms with Gasteiger partial charge in [0.15, 0.2) is 0 Å². The fraction of sp³-hybridized carbons (Fsp3) is 1.00. The van der Waals surface area contributed by atoms with Gasteiger partial charge in [0.25, 0.3) is 0 Å². The van der Waals surface area contributed by atoms with Gasteiger partial charge < -0.3 is 10.1 Å². The highest BCUT2D eigenvalue weighted by Gasteiger charge is 2.33. The van der Waals surface area contributed by atoms with E-state index in [4.69, 9.17) is 4.74 Å². The van der Waals surface area contributed by atoms with E-state index in [0.717, 1.165) is 19.0 Å². The molecule has 0 spiro atoms. The van der Waals surface area contributed by atoms with Gasteiger partial charge in [-0.2, -0.15) is 0 Å². The first-order valence-electron chi connectivity index (χ1n) is 8.76. The summed E-state index contributed by atoms with van der Waals surface area (Å²) in [5.74, 6) is 0.768. The number of rotatable bonds is 6. The molecule has 0 aromatic heterocycles. The average Bonchev–Trinajstić information content (AvgIpc) is 2.84. The van der Waals surface area contributed by atoms with Gasteiger partial charge in [-0.3, -0.25) is 4.90 Å². The Morgan fingerprint density at radius 2 is 2.10 bits per heavy atom. The lowest BCUT2D eigenvalue weighted by Gasteiger charge is -2.44. The highest BCUT2D eigenvalue weighted by atomic mass is 16.5. The topological polar surface area (TPSA) is 24.5 Å². The minimum absolute atomic E-state index is 0.469. The standard InChI is InChI=1S/C17H34N2O/c1-5-7-15-11-19(12-16-9-8-14(4)20-16)17(10-18-15)13(3)6-2/h13-18H,5-12H2,1-4H3. The zero-order valence-electron chi connectivity index (χ0n) is 13.9. The minimum Gasteiger partial charge on any atom is -0.374 e. The first-order valence-corrected chi connectivity index (χ1v) is 8.76. The van der Waals surface area contributed by atoms with E-state index in [1.54, 1.807) is 0 Å². The highest BCUT2D eigenvalue weighted by molar-refractivity contribution is 4.90. The number of piperazine rings is 1. The van der Waals surface area contributed by atoms with Crippen LogP contribution < -0.4 is 5.32 Å². The lowest BCUT2D eigenvalue weighted by molar-refractivity contribution is 0.000393. The molecule has 5 atom stereocenters. The van der Waals surface area contributed by atoms with E-state index in [-0.39, 0.29) is 0 Å². The monoisotopic (exact) mass is 282 g/mol. The van der Waals surface area contributed by atoms with Crippen LogP contribution in [0.25, 0.3) is 0 Å². The van der Waals surface area contributed by atoms with Crippen LogP contribution in [0, 0.1) is 5.92 Å². The summed E-state index contributed by atoms with van der Waals surface area (Å²) in [7, 11) is 0. The van der Waals surface area contributed by atoms with E-state index in [1.165, 1.54) is 38.6 Å². The van der Waals surface area contributed by atoms with Crippen molar-refractivity contribution < 1.29 is 4.74 Å². The van der Waals surface area contributed by atoms with E-state index in [2.05, 4.69) is 37.9 Å². The number of nitrogens with one attached hydrogen (secondary N) is 1. The van der Waals surface area contributed by atoms with Gasteiger partial charge in [-0.25, -0.2) is 0 Å². The largest absolute Gasteiger partial charge is 0.374 e. The Morgan fingerprint density at radius 3 is 2.70 bits per heavy atom. The van der Waals surface area contributed by atoms with Crippen LogP contribution in [0.2, 0.25) is 0 Å². The quantitative estimate of drug-likeness (QED) is 0.810. The third-order valence-corrected chi connectivity index (χ3v) is 5.24. The van der Waals surface area contributed by atoms with Crippen LogP contribution in [-0.4, -0.2) is 48.8 Å². The number of ether oxygens (including phenoxy) is 1. The van der Waals surface area contributed by atoms with Gasteiger partial charge in [0.05, 0.1) is 12.2 Å². The van der Waals surface area contributed by atoms with Gasteiger partial charge in [0.2, 0.25) is 0 Å². The molecule has 20 heavy (non-hydrogen) atoms. The molecule has 2 fully saturated rings. The molecule has 0 aromatic rings. The second-order valence-electron chi connectivity index (χ2n) is 6.95. The van der Waals surface area contributed by atoms with Crippen LogP contribution in [0.3, 0.4) is 0 Å². The summed E-state index contributed by atoms with van der Waals surface area (Å²) in [5, 5.41) is 3.77. The van der Waals surface area contributed by atoms with Crippen molar-refractivity contribution in [2.45, 2.75) is 84.1 Å². The van der Waals surface area contributed by atoms with Crippen LogP contribution in [0.4, 0.5) is 0 Å². The summed E-state index contributed by atoms with van der Waals surface area (Å²) >= 11 is 0. The first kappa shape index (κ1) is 16.3. The summed E-state index contributed by atoms with van der Waals surface area (Å²) in [6, 6.07) is 1.37. The van der Waals surface area contributed by atoms with E-state index < -0.39 is 0 Å². The van der Waals surface area contributed by atoms with Crippen molar-refractivity contribution in [1.82, 2.24) is 10.2 Å². The Kier molecular flexibility index (Phi) is 6.31. The average molecular weight is 282 g/mol. The van der Waals surface area contributed by atoms with Crippen LogP contribution in [0.1, 0.15) is 59.8 Å². The Labute approximate surface area is 125 Å². The molecule has 2 aliphatic heterocycles. The molecule has 0 saturated carbocycles. The summed E-state index contributed by atoms with van der Waals surface area (Å²) in [6.45, 7) is 12.7. The van der Waals surface area contributed by atoms with Crippen LogP contribution in [-0.2, 0) is 4.74 Å². The van der Waals surface area contributed by atoms with Crippen LogP contribution >= 0.6 is 0 Å². The minimum atomic E-state index is 0.469.